The average Bonchev–Trinajstić information content (AvgIpc) is 2.87. The number of aryl methyl sites for hydroxylation is 1. The van der Waals surface area contributed by atoms with E-state index in [-0.39, 0.29) is 23.3 Å². The number of urea groups is 1. The quantitative estimate of drug-likeness (QED) is 0.157. The van der Waals surface area contributed by atoms with Gasteiger partial charge in [0.15, 0.2) is 5.16 Å². The van der Waals surface area contributed by atoms with Gasteiger partial charge in [0.2, 0.25) is 17.8 Å². The van der Waals surface area contributed by atoms with Crippen LogP contribution in [0, 0.1) is 10.5 Å². The number of thioether (sulfide) groups is 1. The molecule has 0 bridgehead atoms. The lowest BCUT2D eigenvalue weighted by Crippen LogP contribution is -2.35. The van der Waals surface area contributed by atoms with Gasteiger partial charge in [-0.25, -0.2) is 22.7 Å². The summed E-state index contributed by atoms with van der Waals surface area (Å²) < 4.78 is 31.8. The van der Waals surface area contributed by atoms with Crippen molar-refractivity contribution in [2.75, 3.05) is 35.9 Å². The fraction of sp³-hybridized carbons (Fsp3) is 0.391. The zero-order valence-corrected chi connectivity index (χ0v) is 27.6. The molecule has 2 amide bonds. The van der Waals surface area contributed by atoms with Crippen LogP contribution in [0.2, 0.25) is 0 Å². The van der Waals surface area contributed by atoms with E-state index in [9.17, 15) is 18.0 Å². The third-order valence-corrected chi connectivity index (χ3v) is 7.03. The van der Waals surface area contributed by atoms with Gasteiger partial charge < -0.3 is 20.5 Å². The summed E-state index contributed by atoms with van der Waals surface area (Å²) in [5, 5.41) is 18.3. The molecule has 19 heteroatoms. The van der Waals surface area contributed by atoms with Crippen LogP contribution in [-0.4, -0.2) is 80.9 Å². The van der Waals surface area contributed by atoms with Crippen molar-refractivity contribution in [3.63, 3.8) is 0 Å². The van der Waals surface area contributed by atoms with Gasteiger partial charge in [-0.1, -0.05) is 11.8 Å². The van der Waals surface area contributed by atoms with Crippen LogP contribution in [0.1, 0.15) is 43.9 Å². The Balaban J connectivity index is 0.000000330. The van der Waals surface area contributed by atoms with E-state index in [1.807, 2.05) is 35.8 Å². The van der Waals surface area contributed by atoms with Crippen molar-refractivity contribution in [2.45, 2.75) is 50.2 Å². The molecular formula is C23H31IN10O6S2. The highest BCUT2D eigenvalue weighted by molar-refractivity contribution is 14.1. The molecule has 3 aromatic rings. The predicted octanol–water partition coefficient (Wildman–Crippen LogP) is 3.24. The number of nitrogens with zero attached hydrogens (tertiary/aromatic N) is 6. The number of carbonyl (C=O) groups is 2. The van der Waals surface area contributed by atoms with Crippen LogP contribution in [0.25, 0.3) is 0 Å². The van der Waals surface area contributed by atoms with Crippen LogP contribution in [0.15, 0.2) is 28.3 Å². The Hall–Kier alpha value is -3.59. The Kier molecular flexibility index (Phi) is 12.4. The molecule has 2 aromatic heterocycles. The summed E-state index contributed by atoms with van der Waals surface area (Å²) in [6.07, 6.45) is 1.95. The van der Waals surface area contributed by atoms with Gasteiger partial charge in [-0.05, 0) is 81.7 Å². The number of carbonyl (C=O) groups excluding carboxylic acids is 1. The number of ether oxygens (including phenoxy) is 1. The maximum absolute atomic E-state index is 12.4. The standard InChI is InChI=1S/C13H12IN5O6S.C10H19N5S/c1-6-15-11(18-13(16-6)25-2)17-12(22)19-26(23,24)9-5-7(14)3-4-8(9)10(20)21;1-6-11-7-12-8(15-10(2,3)4)14-9(13-7)16-5/h3-5H,1-2H3,(H,20,21)(H2,15,16,17,18,19,22);6H2,1-5H3,(H2,11,12,13,14,15). The highest BCUT2D eigenvalue weighted by Gasteiger charge is 2.25. The van der Waals surface area contributed by atoms with E-state index in [1.54, 1.807) is 4.72 Å². The van der Waals surface area contributed by atoms with Crippen LogP contribution in [0.5, 0.6) is 6.01 Å². The molecule has 2 heterocycles. The Morgan fingerprint density at radius 2 is 1.71 bits per heavy atom. The van der Waals surface area contributed by atoms with Crippen molar-refractivity contribution >= 4 is 74.2 Å². The topological polar surface area (TPSA) is 223 Å². The molecule has 1 aromatic carbocycles. The number of hydrogen-bond donors (Lipinski definition) is 5. The number of benzene rings is 1. The molecule has 0 aliphatic carbocycles. The third kappa shape index (κ3) is 11.0. The highest BCUT2D eigenvalue weighted by atomic mass is 127. The lowest BCUT2D eigenvalue weighted by molar-refractivity contribution is 0.0692. The molecule has 0 unspecified atom stereocenters. The minimum atomic E-state index is -4.45. The number of anilines is 3. The van der Waals surface area contributed by atoms with Gasteiger partial charge in [0, 0.05) is 15.7 Å². The van der Waals surface area contributed by atoms with Crippen LogP contribution in [-0.2, 0) is 10.0 Å². The van der Waals surface area contributed by atoms with Crippen molar-refractivity contribution in [1.29, 1.82) is 0 Å². The molecule has 0 saturated heterocycles. The Morgan fingerprint density at radius 1 is 1.05 bits per heavy atom. The zero-order valence-electron chi connectivity index (χ0n) is 23.8. The minimum Gasteiger partial charge on any atom is -0.478 e. The van der Waals surface area contributed by atoms with E-state index < -0.39 is 32.5 Å². The fourth-order valence-electron chi connectivity index (χ4n) is 2.88. The summed E-state index contributed by atoms with van der Waals surface area (Å²) in [6.45, 7) is 10.6. The number of rotatable bonds is 9. The largest absolute Gasteiger partial charge is 0.478 e. The average molecular weight is 735 g/mol. The van der Waals surface area contributed by atoms with Crippen molar-refractivity contribution in [2.24, 2.45) is 0 Å². The second-order valence-electron chi connectivity index (χ2n) is 9.07. The number of nitrogens with one attached hydrogen (secondary N) is 4. The highest BCUT2D eigenvalue weighted by Crippen LogP contribution is 2.20. The summed E-state index contributed by atoms with van der Waals surface area (Å²) in [7, 11) is -3.14. The molecule has 0 fully saturated rings. The Labute approximate surface area is 260 Å². The van der Waals surface area contributed by atoms with Crippen LogP contribution in [0.3, 0.4) is 0 Å². The second-order valence-corrected chi connectivity index (χ2v) is 12.7. The molecule has 0 radical (unpaired) electrons. The number of aromatic nitrogens is 6. The summed E-state index contributed by atoms with van der Waals surface area (Å²) >= 11 is 3.33. The first-order valence-corrected chi connectivity index (χ1v) is 15.8. The number of sulfonamides is 1. The number of halogens is 1. The summed E-state index contributed by atoms with van der Waals surface area (Å²) in [5.41, 5.74) is -0.524. The molecule has 0 spiro atoms. The van der Waals surface area contributed by atoms with Crippen molar-refractivity contribution in [1.82, 2.24) is 34.6 Å². The minimum absolute atomic E-state index is 0.0550. The first kappa shape index (κ1) is 34.6. The van der Waals surface area contributed by atoms with E-state index in [2.05, 4.69) is 66.6 Å². The van der Waals surface area contributed by atoms with E-state index in [4.69, 9.17) is 9.84 Å². The molecular weight excluding hydrogens is 703 g/mol. The Morgan fingerprint density at radius 3 is 2.29 bits per heavy atom. The zero-order chi connectivity index (χ0) is 31.7. The van der Waals surface area contributed by atoms with Gasteiger partial charge in [-0.15, -0.1) is 0 Å². The molecule has 0 aliphatic heterocycles. The predicted molar refractivity (Wildman–Crippen MR) is 166 cm³/mol. The molecule has 0 aliphatic rings. The van der Waals surface area contributed by atoms with Gasteiger partial charge in [-0.3, -0.25) is 5.32 Å². The van der Waals surface area contributed by atoms with Crippen LogP contribution in [0.4, 0.5) is 22.6 Å². The van der Waals surface area contributed by atoms with E-state index >= 15 is 0 Å². The maximum Gasteiger partial charge on any atom is 0.337 e. The molecule has 0 saturated carbocycles. The lowest BCUT2D eigenvalue weighted by Gasteiger charge is -2.20. The normalized spacial score (nSPS) is 11.0. The SMILES string of the molecule is CCNc1nc(NC(C)(C)C)nc(SC)n1.COc1nc(C)nc(NC(=O)NS(=O)(=O)c2cc(I)ccc2C(=O)O)n1. The monoisotopic (exact) mass is 734 g/mol. The third-order valence-electron chi connectivity index (χ3n) is 4.44. The molecule has 3 rings (SSSR count). The number of carboxylic acids is 1. The molecule has 16 nitrogen and oxygen atoms in total. The molecule has 5 N–H and O–H groups in total. The van der Waals surface area contributed by atoms with Crippen molar-refractivity contribution < 1.29 is 27.9 Å². The van der Waals surface area contributed by atoms with Gasteiger partial charge >= 0.3 is 18.0 Å². The fourth-order valence-corrected chi connectivity index (χ4v) is 5.07. The van der Waals surface area contributed by atoms with E-state index in [0.29, 0.717) is 15.5 Å². The Bertz CT molecular complexity index is 1540. The maximum atomic E-state index is 12.4. The lowest BCUT2D eigenvalue weighted by atomic mass is 10.1. The first-order chi connectivity index (χ1) is 19.6. The second kappa shape index (κ2) is 15.0. The summed E-state index contributed by atoms with van der Waals surface area (Å²) in [6, 6.07) is 2.46. The molecule has 0 atom stereocenters. The van der Waals surface area contributed by atoms with E-state index in [1.165, 1.54) is 31.9 Å². The van der Waals surface area contributed by atoms with Gasteiger partial charge in [-0.2, -0.15) is 29.9 Å². The van der Waals surface area contributed by atoms with Gasteiger partial charge in [0.25, 0.3) is 10.0 Å². The molecule has 42 heavy (non-hydrogen) atoms. The number of amides is 2. The van der Waals surface area contributed by atoms with Gasteiger partial charge in [0.05, 0.1) is 12.7 Å². The van der Waals surface area contributed by atoms with Crippen LogP contribution < -0.4 is 25.4 Å². The van der Waals surface area contributed by atoms with E-state index in [0.717, 1.165) is 23.8 Å². The smallest absolute Gasteiger partial charge is 0.337 e. The van der Waals surface area contributed by atoms with Crippen molar-refractivity contribution in [3.05, 3.63) is 33.2 Å². The number of aromatic carboxylic acids is 1. The number of methoxy groups -OCH3 is 1. The van der Waals surface area contributed by atoms with Crippen LogP contribution >= 0.6 is 34.4 Å². The number of hydrogen-bond acceptors (Lipinski definition) is 14. The summed E-state index contributed by atoms with van der Waals surface area (Å²) in [4.78, 5) is 46.9. The first-order valence-electron chi connectivity index (χ1n) is 12.0. The van der Waals surface area contributed by atoms with Crippen molar-refractivity contribution in [3.8, 4) is 6.01 Å². The summed E-state index contributed by atoms with van der Waals surface area (Å²) in [5.74, 6) is -0.208. The number of carboxylic acid groups (broad SMARTS) is 1. The molecule has 228 valence electrons. The van der Waals surface area contributed by atoms with Gasteiger partial charge in [0.1, 0.15) is 10.7 Å².